The first-order chi connectivity index (χ1) is 18.3. The van der Waals surface area contributed by atoms with Crippen LogP contribution in [-0.4, -0.2) is 53.7 Å². The number of benzene rings is 1. The van der Waals surface area contributed by atoms with Crippen LogP contribution in [0.3, 0.4) is 0 Å². The number of nitrogens with two attached hydrogens (primary N) is 1. The van der Waals surface area contributed by atoms with E-state index in [0.29, 0.717) is 38.3 Å². The molecule has 0 aliphatic rings. The van der Waals surface area contributed by atoms with Crippen LogP contribution in [0.15, 0.2) is 41.8 Å². The van der Waals surface area contributed by atoms with Gasteiger partial charge in [-0.15, -0.1) is 4.68 Å². The Kier molecular flexibility index (Phi) is 11.6. The minimum Gasteiger partial charge on any atom is -0.490 e. The zero-order valence-corrected chi connectivity index (χ0v) is 23.5. The van der Waals surface area contributed by atoms with Crippen LogP contribution in [0.5, 0.6) is 5.75 Å². The van der Waals surface area contributed by atoms with Gasteiger partial charge in [0.25, 0.3) is 0 Å². The first-order valence-corrected chi connectivity index (χ1v) is 12.7. The Hall–Kier alpha value is -3.80. The van der Waals surface area contributed by atoms with Gasteiger partial charge in [0, 0.05) is 11.5 Å². The van der Waals surface area contributed by atoms with Crippen molar-refractivity contribution in [2.24, 2.45) is 11.0 Å². The maximum absolute atomic E-state index is 12.2. The summed E-state index contributed by atoms with van der Waals surface area (Å²) in [4.78, 5) is 31.6. The molecule has 0 fully saturated rings. The van der Waals surface area contributed by atoms with Crippen molar-refractivity contribution in [1.82, 2.24) is 10.00 Å². The van der Waals surface area contributed by atoms with E-state index in [0.717, 1.165) is 11.1 Å². The summed E-state index contributed by atoms with van der Waals surface area (Å²) in [5.74, 6) is 5.19. The lowest BCUT2D eigenvalue weighted by Crippen LogP contribution is -2.44. The number of nitrogens with zero attached hydrogens (tertiary/aromatic N) is 5. The number of alkyl carbamates (subject to hydrolysis) is 1. The second kappa shape index (κ2) is 14.4. The molecule has 1 aromatic carbocycles. The van der Waals surface area contributed by atoms with Gasteiger partial charge in [0.2, 0.25) is 12.3 Å². The highest BCUT2D eigenvalue weighted by atomic mass is 16.7. The Morgan fingerprint density at radius 3 is 2.36 bits per heavy atom. The van der Waals surface area contributed by atoms with E-state index in [-0.39, 0.29) is 6.61 Å². The van der Waals surface area contributed by atoms with Crippen molar-refractivity contribution < 1.29 is 33.3 Å². The smallest absolute Gasteiger partial charge is 0.407 e. The Morgan fingerprint density at radius 1 is 1.10 bits per heavy atom. The molecule has 1 amide bonds. The highest BCUT2D eigenvalue weighted by Gasteiger charge is 2.26. The van der Waals surface area contributed by atoms with Gasteiger partial charge < -0.3 is 19.5 Å². The van der Waals surface area contributed by atoms with Gasteiger partial charge in [0.05, 0.1) is 24.8 Å². The van der Waals surface area contributed by atoms with E-state index in [1.165, 1.54) is 0 Å². The van der Waals surface area contributed by atoms with Crippen LogP contribution in [0.4, 0.5) is 4.79 Å². The second-order valence-electron chi connectivity index (χ2n) is 10.8. The zero-order chi connectivity index (χ0) is 29.1. The number of aromatic nitrogens is 2. The van der Waals surface area contributed by atoms with Gasteiger partial charge in [-0.2, -0.15) is 4.68 Å². The third kappa shape index (κ3) is 11.6. The summed E-state index contributed by atoms with van der Waals surface area (Å²) < 4.78 is 20.2. The van der Waals surface area contributed by atoms with E-state index < -0.39 is 29.4 Å². The summed E-state index contributed by atoms with van der Waals surface area (Å²) in [5.41, 5.74) is 9.30. The first kappa shape index (κ1) is 31.4. The van der Waals surface area contributed by atoms with Crippen molar-refractivity contribution in [2.45, 2.75) is 78.4 Å². The SMILES string of the molecule is CC(C)(C)OC(=O)NCCCn1cc(-c2ccc(OCC(ON)C(=O)OC(C)(C)C)cc2)c[n+]1CCN=[N+]=[N-]. The minimum atomic E-state index is -1.06. The maximum atomic E-state index is 12.2. The average molecular weight is 547 g/mol. The maximum Gasteiger partial charge on any atom is 0.407 e. The molecule has 1 heterocycles. The van der Waals surface area contributed by atoms with Crippen LogP contribution in [0.2, 0.25) is 0 Å². The third-order valence-electron chi connectivity index (χ3n) is 5.05. The standard InChI is InChI=1S/C26H39N7O6/c1-25(2,3)37-23(34)22(39-28)18-36-21-10-8-19(9-11-21)20-16-32(33(17-20)15-13-30-31-27)14-7-12-29-24(35)38-26(4,5)6/h8-11,16-17,22H,7,12-15,18,28H2,1-6H3/p+1. The van der Waals surface area contributed by atoms with E-state index >= 15 is 0 Å². The topological polar surface area (TPSA) is 167 Å². The van der Waals surface area contributed by atoms with Gasteiger partial charge in [0.1, 0.15) is 23.6 Å². The lowest BCUT2D eigenvalue weighted by Gasteiger charge is -2.22. The zero-order valence-electron chi connectivity index (χ0n) is 23.5. The molecule has 0 aliphatic heterocycles. The number of hydrogen-bond donors (Lipinski definition) is 2. The van der Waals surface area contributed by atoms with Crippen LogP contribution in [-0.2, 0) is 32.2 Å². The number of rotatable bonds is 13. The Morgan fingerprint density at radius 2 is 1.77 bits per heavy atom. The monoisotopic (exact) mass is 546 g/mol. The molecule has 3 N–H and O–H groups in total. The van der Waals surface area contributed by atoms with Crippen molar-refractivity contribution >= 4 is 12.1 Å². The van der Waals surface area contributed by atoms with Crippen LogP contribution >= 0.6 is 0 Å². The number of amides is 1. The van der Waals surface area contributed by atoms with Gasteiger partial charge in [-0.3, -0.25) is 4.84 Å². The first-order valence-electron chi connectivity index (χ1n) is 12.7. The lowest BCUT2D eigenvalue weighted by atomic mass is 10.1. The molecule has 2 rings (SSSR count). The van der Waals surface area contributed by atoms with Crippen molar-refractivity contribution in [3.63, 3.8) is 0 Å². The number of esters is 1. The van der Waals surface area contributed by atoms with Gasteiger partial charge in [-0.1, -0.05) is 17.2 Å². The molecule has 0 radical (unpaired) electrons. The number of carbonyl (C=O) groups is 2. The number of aryl methyl sites for hydroxylation is 1. The van der Waals surface area contributed by atoms with Gasteiger partial charge in [-0.05, 0) is 71.2 Å². The fourth-order valence-electron chi connectivity index (χ4n) is 3.42. The van der Waals surface area contributed by atoms with Crippen molar-refractivity contribution in [3.8, 4) is 16.9 Å². The molecule has 39 heavy (non-hydrogen) atoms. The molecular weight excluding hydrogens is 506 g/mol. The molecule has 214 valence electrons. The molecule has 2 aromatic rings. The van der Waals surface area contributed by atoms with Gasteiger partial charge in [0.15, 0.2) is 6.54 Å². The van der Waals surface area contributed by atoms with E-state index in [2.05, 4.69) is 15.3 Å². The lowest BCUT2D eigenvalue weighted by molar-refractivity contribution is -0.773. The summed E-state index contributed by atoms with van der Waals surface area (Å²) in [6.45, 7) is 12.5. The molecule has 1 atom stereocenters. The van der Waals surface area contributed by atoms with Crippen LogP contribution in [0.25, 0.3) is 21.6 Å². The molecule has 1 unspecified atom stereocenters. The quantitative estimate of drug-likeness (QED) is 0.0735. The fourth-order valence-corrected chi connectivity index (χ4v) is 3.42. The molecule has 1 aromatic heterocycles. The summed E-state index contributed by atoms with van der Waals surface area (Å²) in [7, 11) is 0. The summed E-state index contributed by atoms with van der Waals surface area (Å²) in [6.07, 6.45) is 3.11. The molecule has 0 bridgehead atoms. The predicted molar refractivity (Wildman–Crippen MR) is 143 cm³/mol. The highest BCUT2D eigenvalue weighted by molar-refractivity contribution is 5.75. The van der Waals surface area contributed by atoms with Crippen molar-refractivity contribution in [2.75, 3.05) is 19.7 Å². The van der Waals surface area contributed by atoms with Crippen molar-refractivity contribution in [1.29, 1.82) is 0 Å². The van der Waals surface area contributed by atoms with Crippen molar-refractivity contribution in [3.05, 3.63) is 47.1 Å². The largest absolute Gasteiger partial charge is 0.490 e. The summed E-state index contributed by atoms with van der Waals surface area (Å²) in [6, 6.07) is 7.35. The van der Waals surface area contributed by atoms with E-state index in [1.807, 2.05) is 54.7 Å². The normalized spacial score (nSPS) is 12.3. The number of carbonyl (C=O) groups excluding carboxylic acids is 2. The van der Waals surface area contributed by atoms with Crippen LogP contribution in [0.1, 0.15) is 48.0 Å². The predicted octanol–water partition coefficient (Wildman–Crippen LogP) is 3.65. The van der Waals surface area contributed by atoms with Crippen LogP contribution < -0.4 is 20.6 Å². The Labute approximate surface area is 228 Å². The number of hydrogen-bond acceptors (Lipinski definition) is 8. The van der Waals surface area contributed by atoms with E-state index in [1.54, 1.807) is 32.9 Å². The molecule has 0 saturated carbocycles. The molecule has 13 heteroatoms. The molecule has 0 spiro atoms. The molecule has 13 nitrogen and oxygen atoms in total. The minimum absolute atomic E-state index is 0.0993. The third-order valence-corrected chi connectivity index (χ3v) is 5.05. The number of ether oxygens (including phenoxy) is 3. The number of nitrogens with one attached hydrogen (secondary N) is 1. The summed E-state index contributed by atoms with van der Waals surface area (Å²) >= 11 is 0. The number of azide groups is 1. The molecular formula is C26H40N7O6+. The summed E-state index contributed by atoms with van der Waals surface area (Å²) in [5, 5.41) is 6.39. The highest BCUT2D eigenvalue weighted by Crippen LogP contribution is 2.22. The van der Waals surface area contributed by atoms with Gasteiger partial charge in [-0.25, -0.2) is 15.5 Å². The molecule has 0 aliphatic carbocycles. The molecule has 0 saturated heterocycles. The Bertz CT molecular complexity index is 1130. The van der Waals surface area contributed by atoms with Crippen LogP contribution in [0, 0.1) is 0 Å². The fraction of sp³-hybridized carbons (Fsp3) is 0.577. The second-order valence-corrected chi connectivity index (χ2v) is 10.8. The van der Waals surface area contributed by atoms with Gasteiger partial charge >= 0.3 is 12.1 Å². The Balaban J connectivity index is 2.03. The van der Waals surface area contributed by atoms with E-state index in [4.69, 9.17) is 30.5 Å². The van der Waals surface area contributed by atoms with E-state index in [9.17, 15) is 9.59 Å². The average Bonchev–Trinajstić information content (AvgIpc) is 3.23.